The summed E-state index contributed by atoms with van der Waals surface area (Å²) in [5.41, 5.74) is 4.73. The minimum absolute atomic E-state index is 0.813. The van der Waals surface area contributed by atoms with Crippen molar-refractivity contribution in [1.82, 2.24) is 19.9 Å². The van der Waals surface area contributed by atoms with Gasteiger partial charge in [-0.05, 0) is 34.8 Å². The summed E-state index contributed by atoms with van der Waals surface area (Å²) >= 11 is 5.12. The van der Waals surface area contributed by atoms with E-state index in [1.165, 1.54) is 11.1 Å². The van der Waals surface area contributed by atoms with Crippen molar-refractivity contribution in [3.8, 4) is 11.4 Å². The summed E-state index contributed by atoms with van der Waals surface area (Å²) in [5.74, 6) is 0.813. The Bertz CT molecular complexity index is 860. The molecule has 0 radical (unpaired) electrons. The van der Waals surface area contributed by atoms with Crippen molar-refractivity contribution < 1.29 is 0 Å². The van der Waals surface area contributed by atoms with Crippen LogP contribution < -0.4 is 0 Å². The van der Waals surface area contributed by atoms with E-state index in [4.69, 9.17) is 4.98 Å². The van der Waals surface area contributed by atoms with Crippen LogP contribution in [-0.4, -0.2) is 26.4 Å². The molecule has 0 saturated heterocycles. The molecular weight excluding hydrogens is 384 g/mol. The van der Waals surface area contributed by atoms with E-state index in [0.29, 0.717) is 0 Å². The maximum Gasteiger partial charge on any atom is 0.159 e. The third-order valence-electron chi connectivity index (χ3n) is 4.22. The summed E-state index contributed by atoms with van der Waals surface area (Å²) in [7, 11) is 0. The Hall–Kier alpha value is -1.63. The van der Waals surface area contributed by atoms with Crippen LogP contribution in [-0.2, 0) is 19.5 Å². The molecule has 0 aliphatic carbocycles. The largest absolute Gasteiger partial charge is 0.290 e. The molecule has 6 heteroatoms. The molecule has 122 valence electrons. The molecule has 4 nitrogen and oxygen atoms in total. The Labute approximate surface area is 153 Å². The molecule has 0 saturated carbocycles. The monoisotopic (exact) mass is 400 g/mol. The molecule has 0 fully saturated rings. The Balaban J connectivity index is 1.55. The molecular formula is C18H17BrN4S. The SMILES string of the molecule is Cc1ccc(-c2ncc3c(n2)CN(Cc2nc(Br)cs2)CC3)cc1. The van der Waals surface area contributed by atoms with Crippen LogP contribution in [0.4, 0.5) is 0 Å². The molecule has 2 aromatic heterocycles. The molecule has 0 atom stereocenters. The van der Waals surface area contributed by atoms with Gasteiger partial charge in [0.2, 0.25) is 0 Å². The van der Waals surface area contributed by atoms with Gasteiger partial charge in [-0.3, -0.25) is 4.90 Å². The summed E-state index contributed by atoms with van der Waals surface area (Å²) < 4.78 is 0.920. The quantitative estimate of drug-likeness (QED) is 0.659. The number of halogens is 1. The highest BCUT2D eigenvalue weighted by Gasteiger charge is 2.20. The van der Waals surface area contributed by atoms with E-state index in [0.717, 1.165) is 52.7 Å². The highest BCUT2D eigenvalue weighted by Crippen LogP contribution is 2.23. The van der Waals surface area contributed by atoms with Crippen molar-refractivity contribution in [2.24, 2.45) is 0 Å². The van der Waals surface area contributed by atoms with Crippen molar-refractivity contribution in [3.63, 3.8) is 0 Å². The van der Waals surface area contributed by atoms with Gasteiger partial charge in [-0.2, -0.15) is 0 Å². The fraction of sp³-hybridized carbons (Fsp3) is 0.278. The zero-order chi connectivity index (χ0) is 16.5. The van der Waals surface area contributed by atoms with Crippen LogP contribution in [0, 0.1) is 6.92 Å². The van der Waals surface area contributed by atoms with Gasteiger partial charge in [0.15, 0.2) is 5.82 Å². The molecule has 1 aliphatic heterocycles. The summed E-state index contributed by atoms with van der Waals surface area (Å²) in [4.78, 5) is 16.3. The summed E-state index contributed by atoms with van der Waals surface area (Å²) in [6, 6.07) is 8.38. The van der Waals surface area contributed by atoms with E-state index in [1.807, 2.05) is 11.6 Å². The number of aromatic nitrogens is 3. The average molecular weight is 401 g/mol. The lowest BCUT2D eigenvalue weighted by Gasteiger charge is -2.27. The molecule has 0 amide bonds. The van der Waals surface area contributed by atoms with Crippen molar-refractivity contribution >= 4 is 27.3 Å². The molecule has 0 bridgehead atoms. The Kier molecular flexibility index (Phi) is 4.43. The van der Waals surface area contributed by atoms with Crippen LogP contribution in [0.15, 0.2) is 40.4 Å². The van der Waals surface area contributed by atoms with Gasteiger partial charge < -0.3 is 0 Å². The number of fused-ring (bicyclic) bond motifs is 1. The molecule has 3 heterocycles. The molecule has 24 heavy (non-hydrogen) atoms. The van der Waals surface area contributed by atoms with E-state index in [2.05, 4.69) is 62.0 Å². The fourth-order valence-corrected chi connectivity index (χ4v) is 4.19. The number of aryl methyl sites for hydroxylation is 1. The smallest absolute Gasteiger partial charge is 0.159 e. The standard InChI is InChI=1S/C18H17BrN4S/c1-12-2-4-13(5-3-12)18-20-8-14-6-7-23(9-15(14)21-18)10-17-22-16(19)11-24-17/h2-5,8,11H,6-7,9-10H2,1H3. The van der Waals surface area contributed by atoms with Gasteiger partial charge >= 0.3 is 0 Å². The second kappa shape index (κ2) is 6.70. The lowest BCUT2D eigenvalue weighted by atomic mass is 10.1. The van der Waals surface area contributed by atoms with Crippen LogP contribution in [0.3, 0.4) is 0 Å². The second-order valence-electron chi connectivity index (χ2n) is 6.06. The Morgan fingerprint density at radius 2 is 2.04 bits per heavy atom. The summed E-state index contributed by atoms with van der Waals surface area (Å²) in [6.07, 6.45) is 2.99. The minimum Gasteiger partial charge on any atom is -0.290 e. The summed E-state index contributed by atoms with van der Waals surface area (Å²) in [6.45, 7) is 4.84. The highest BCUT2D eigenvalue weighted by molar-refractivity contribution is 9.10. The predicted octanol–water partition coefficient (Wildman–Crippen LogP) is 4.23. The lowest BCUT2D eigenvalue weighted by Crippen LogP contribution is -2.31. The minimum atomic E-state index is 0.813. The zero-order valence-electron chi connectivity index (χ0n) is 13.4. The van der Waals surface area contributed by atoms with Crippen LogP contribution in [0.5, 0.6) is 0 Å². The van der Waals surface area contributed by atoms with Gasteiger partial charge in [0.1, 0.15) is 9.61 Å². The van der Waals surface area contributed by atoms with Crippen molar-refractivity contribution in [2.45, 2.75) is 26.4 Å². The van der Waals surface area contributed by atoms with E-state index in [1.54, 1.807) is 11.3 Å². The van der Waals surface area contributed by atoms with Crippen LogP contribution >= 0.6 is 27.3 Å². The van der Waals surface area contributed by atoms with Crippen LogP contribution in [0.2, 0.25) is 0 Å². The Morgan fingerprint density at radius 3 is 2.79 bits per heavy atom. The first-order valence-corrected chi connectivity index (χ1v) is 9.59. The number of hydrogen-bond donors (Lipinski definition) is 0. The maximum atomic E-state index is 4.83. The normalized spacial score (nSPS) is 14.6. The van der Waals surface area contributed by atoms with E-state index >= 15 is 0 Å². The first-order chi connectivity index (χ1) is 11.7. The topological polar surface area (TPSA) is 41.9 Å². The second-order valence-corrected chi connectivity index (χ2v) is 7.81. The average Bonchev–Trinajstić information content (AvgIpc) is 3.00. The van der Waals surface area contributed by atoms with E-state index < -0.39 is 0 Å². The van der Waals surface area contributed by atoms with E-state index in [9.17, 15) is 0 Å². The molecule has 4 rings (SSSR count). The van der Waals surface area contributed by atoms with Crippen LogP contribution in [0.1, 0.15) is 21.8 Å². The van der Waals surface area contributed by atoms with Gasteiger partial charge in [-0.25, -0.2) is 15.0 Å². The van der Waals surface area contributed by atoms with Gasteiger partial charge in [0.05, 0.1) is 12.2 Å². The molecule has 0 N–H and O–H groups in total. The maximum absolute atomic E-state index is 4.83. The van der Waals surface area contributed by atoms with Crippen molar-refractivity contribution in [1.29, 1.82) is 0 Å². The van der Waals surface area contributed by atoms with Gasteiger partial charge in [0.25, 0.3) is 0 Å². The molecule has 1 aromatic carbocycles. The Morgan fingerprint density at radius 1 is 1.21 bits per heavy atom. The molecule has 1 aliphatic rings. The highest BCUT2D eigenvalue weighted by atomic mass is 79.9. The first-order valence-electron chi connectivity index (χ1n) is 7.91. The number of nitrogens with zero attached hydrogens (tertiary/aromatic N) is 4. The number of benzene rings is 1. The predicted molar refractivity (Wildman–Crippen MR) is 99.8 cm³/mol. The molecule has 0 spiro atoms. The summed E-state index contributed by atoms with van der Waals surface area (Å²) in [5, 5.41) is 3.17. The van der Waals surface area contributed by atoms with E-state index in [-0.39, 0.29) is 0 Å². The van der Waals surface area contributed by atoms with Gasteiger partial charge in [-0.15, -0.1) is 11.3 Å². The van der Waals surface area contributed by atoms with Gasteiger partial charge in [-0.1, -0.05) is 29.8 Å². The third kappa shape index (κ3) is 3.41. The molecule has 0 unspecified atom stereocenters. The number of rotatable bonds is 3. The molecule has 3 aromatic rings. The van der Waals surface area contributed by atoms with Crippen molar-refractivity contribution in [2.75, 3.05) is 6.54 Å². The van der Waals surface area contributed by atoms with Crippen LogP contribution in [0.25, 0.3) is 11.4 Å². The zero-order valence-corrected chi connectivity index (χ0v) is 15.8. The van der Waals surface area contributed by atoms with Crippen molar-refractivity contribution in [3.05, 3.63) is 62.3 Å². The lowest BCUT2D eigenvalue weighted by molar-refractivity contribution is 0.241. The first kappa shape index (κ1) is 15.9. The number of hydrogen-bond acceptors (Lipinski definition) is 5. The van der Waals surface area contributed by atoms with Gasteiger partial charge in [0, 0.05) is 30.2 Å². The fourth-order valence-electron chi connectivity index (χ4n) is 2.89. The third-order valence-corrected chi connectivity index (χ3v) is 5.76. The number of thiazole rings is 1.